The smallest absolute Gasteiger partial charge is 0.0702 e. The fraction of sp³-hybridized carbons (Fsp3) is 0.200. The van der Waals surface area contributed by atoms with E-state index >= 15 is 0 Å². The van der Waals surface area contributed by atoms with E-state index in [2.05, 4.69) is 5.92 Å². The Morgan fingerprint density at radius 3 is 2.55 bits per heavy atom. The van der Waals surface area contributed by atoms with Crippen LogP contribution in [-0.4, -0.2) is 6.04 Å². The van der Waals surface area contributed by atoms with Crippen molar-refractivity contribution in [1.82, 2.24) is 0 Å². The summed E-state index contributed by atoms with van der Waals surface area (Å²) in [5, 5.41) is 0. The molecule has 1 atom stereocenters. The van der Waals surface area contributed by atoms with E-state index in [1.165, 1.54) is 5.56 Å². The number of benzene rings is 1. The highest BCUT2D eigenvalue weighted by molar-refractivity contribution is 5.18. The third-order valence-corrected chi connectivity index (χ3v) is 1.51. The molecule has 0 heterocycles. The van der Waals surface area contributed by atoms with Crippen molar-refractivity contribution in [2.24, 2.45) is 5.73 Å². The first-order valence-corrected chi connectivity index (χ1v) is 3.58. The maximum atomic E-state index is 5.57. The molecule has 2 N–H and O–H groups in total. The normalized spacial score (nSPS) is 12.0. The van der Waals surface area contributed by atoms with Crippen LogP contribution in [0, 0.1) is 12.3 Å². The number of hydrogen-bond acceptors (Lipinski definition) is 1. The van der Waals surface area contributed by atoms with Crippen LogP contribution in [0.25, 0.3) is 0 Å². The summed E-state index contributed by atoms with van der Waals surface area (Å²) < 4.78 is 0. The average Bonchev–Trinajstić information content (AvgIpc) is 2.06. The molecule has 1 heteroatoms. The largest absolute Gasteiger partial charge is 0.317 e. The van der Waals surface area contributed by atoms with Gasteiger partial charge in [-0.3, -0.25) is 0 Å². The zero-order valence-corrected chi connectivity index (χ0v) is 6.33. The highest BCUT2D eigenvalue weighted by atomic mass is 14.6. The van der Waals surface area contributed by atoms with E-state index in [-0.39, 0.29) is 6.04 Å². The fourth-order valence-corrected chi connectivity index (χ4v) is 0.927. The number of terminal acetylenes is 1. The monoisotopic (exact) mass is 145 g/mol. The summed E-state index contributed by atoms with van der Waals surface area (Å²) in [4.78, 5) is 0. The number of hydrogen-bond donors (Lipinski definition) is 1. The molecular weight excluding hydrogens is 134 g/mol. The Morgan fingerprint density at radius 1 is 1.36 bits per heavy atom. The Bertz CT molecular complexity index is 245. The van der Waals surface area contributed by atoms with Crippen LogP contribution in [0.3, 0.4) is 0 Å². The van der Waals surface area contributed by atoms with Crippen LogP contribution in [0.1, 0.15) is 5.56 Å². The molecule has 0 spiro atoms. The van der Waals surface area contributed by atoms with Gasteiger partial charge in [0.05, 0.1) is 6.04 Å². The predicted molar refractivity (Wildman–Crippen MR) is 47.0 cm³/mol. The summed E-state index contributed by atoms with van der Waals surface area (Å²) >= 11 is 0. The third-order valence-electron chi connectivity index (χ3n) is 1.51. The molecule has 0 aliphatic rings. The van der Waals surface area contributed by atoms with Crippen molar-refractivity contribution in [3.8, 4) is 12.3 Å². The van der Waals surface area contributed by atoms with Crippen LogP contribution in [0.4, 0.5) is 0 Å². The SMILES string of the molecule is C#CC(N)Cc1ccccc1. The van der Waals surface area contributed by atoms with Gasteiger partial charge in [0.2, 0.25) is 0 Å². The minimum Gasteiger partial charge on any atom is -0.317 e. The third kappa shape index (κ3) is 2.45. The molecule has 1 unspecified atom stereocenters. The molecule has 0 aromatic heterocycles. The van der Waals surface area contributed by atoms with Gasteiger partial charge in [0, 0.05) is 0 Å². The molecule has 0 fully saturated rings. The Morgan fingerprint density at radius 2 is 2.00 bits per heavy atom. The van der Waals surface area contributed by atoms with Crippen LogP contribution in [0.5, 0.6) is 0 Å². The minimum absolute atomic E-state index is 0.155. The first kappa shape index (κ1) is 7.84. The lowest BCUT2D eigenvalue weighted by Crippen LogP contribution is -2.19. The Hall–Kier alpha value is -1.26. The van der Waals surface area contributed by atoms with Gasteiger partial charge in [0.1, 0.15) is 0 Å². The molecule has 1 aromatic rings. The van der Waals surface area contributed by atoms with Crippen molar-refractivity contribution in [2.45, 2.75) is 12.5 Å². The zero-order chi connectivity index (χ0) is 8.10. The Balaban J connectivity index is 2.60. The van der Waals surface area contributed by atoms with Gasteiger partial charge in [-0.05, 0) is 12.0 Å². The van der Waals surface area contributed by atoms with E-state index in [1.54, 1.807) is 0 Å². The summed E-state index contributed by atoms with van der Waals surface area (Å²) in [5.74, 6) is 2.49. The second-order valence-corrected chi connectivity index (χ2v) is 2.46. The van der Waals surface area contributed by atoms with E-state index in [0.29, 0.717) is 0 Å². The van der Waals surface area contributed by atoms with E-state index < -0.39 is 0 Å². The summed E-state index contributed by atoms with van der Waals surface area (Å²) in [6.07, 6.45) is 5.91. The lowest BCUT2D eigenvalue weighted by molar-refractivity contribution is 0.836. The number of rotatable bonds is 2. The first-order valence-electron chi connectivity index (χ1n) is 3.58. The van der Waals surface area contributed by atoms with Gasteiger partial charge in [0.25, 0.3) is 0 Å². The molecule has 0 aliphatic heterocycles. The van der Waals surface area contributed by atoms with Crippen molar-refractivity contribution < 1.29 is 0 Å². The zero-order valence-electron chi connectivity index (χ0n) is 6.33. The van der Waals surface area contributed by atoms with Gasteiger partial charge in [0.15, 0.2) is 0 Å². The topological polar surface area (TPSA) is 26.0 Å². The van der Waals surface area contributed by atoms with Gasteiger partial charge in [-0.15, -0.1) is 6.42 Å². The maximum absolute atomic E-state index is 5.57. The van der Waals surface area contributed by atoms with E-state index in [9.17, 15) is 0 Å². The van der Waals surface area contributed by atoms with E-state index in [1.807, 2.05) is 30.3 Å². The summed E-state index contributed by atoms with van der Waals surface area (Å²) in [7, 11) is 0. The Labute approximate surface area is 67.2 Å². The summed E-state index contributed by atoms with van der Waals surface area (Å²) in [5.41, 5.74) is 6.76. The van der Waals surface area contributed by atoms with Crippen LogP contribution in [-0.2, 0) is 6.42 Å². The first-order chi connectivity index (χ1) is 5.33. The summed E-state index contributed by atoms with van der Waals surface area (Å²) in [6, 6.07) is 9.84. The molecule has 1 rings (SSSR count). The fourth-order valence-electron chi connectivity index (χ4n) is 0.927. The van der Waals surface area contributed by atoms with Crippen molar-refractivity contribution in [3.63, 3.8) is 0 Å². The molecule has 56 valence electrons. The van der Waals surface area contributed by atoms with Gasteiger partial charge in [-0.2, -0.15) is 0 Å². The maximum Gasteiger partial charge on any atom is 0.0702 e. The molecular formula is C10H11N. The number of nitrogens with two attached hydrogens (primary N) is 1. The quantitative estimate of drug-likeness (QED) is 0.621. The van der Waals surface area contributed by atoms with Gasteiger partial charge >= 0.3 is 0 Å². The lowest BCUT2D eigenvalue weighted by atomic mass is 10.1. The highest BCUT2D eigenvalue weighted by Gasteiger charge is 1.97. The molecule has 11 heavy (non-hydrogen) atoms. The summed E-state index contributed by atoms with van der Waals surface area (Å²) in [6.45, 7) is 0. The molecule has 0 radical (unpaired) electrons. The Kier molecular flexibility index (Phi) is 2.71. The minimum atomic E-state index is -0.155. The molecule has 0 aliphatic carbocycles. The van der Waals surface area contributed by atoms with Crippen molar-refractivity contribution >= 4 is 0 Å². The van der Waals surface area contributed by atoms with Crippen LogP contribution < -0.4 is 5.73 Å². The molecule has 0 amide bonds. The molecule has 1 aromatic carbocycles. The lowest BCUT2D eigenvalue weighted by Gasteiger charge is -2.02. The van der Waals surface area contributed by atoms with Crippen LogP contribution in [0.15, 0.2) is 30.3 Å². The molecule has 0 bridgehead atoms. The second-order valence-electron chi connectivity index (χ2n) is 2.46. The molecule has 0 saturated carbocycles. The van der Waals surface area contributed by atoms with Crippen LogP contribution in [0.2, 0.25) is 0 Å². The van der Waals surface area contributed by atoms with Gasteiger partial charge in [-0.25, -0.2) is 0 Å². The van der Waals surface area contributed by atoms with E-state index in [0.717, 1.165) is 6.42 Å². The standard InChI is InChI=1S/C10H11N/c1-2-10(11)8-9-6-4-3-5-7-9/h1,3-7,10H,8,11H2. The molecule has 0 saturated heterocycles. The average molecular weight is 145 g/mol. The predicted octanol–water partition coefficient (Wildman–Crippen LogP) is 1.19. The van der Waals surface area contributed by atoms with Crippen molar-refractivity contribution in [2.75, 3.05) is 0 Å². The second kappa shape index (κ2) is 3.80. The molecule has 1 nitrogen and oxygen atoms in total. The van der Waals surface area contributed by atoms with Gasteiger partial charge in [-0.1, -0.05) is 36.3 Å². The highest BCUT2D eigenvalue weighted by Crippen LogP contribution is 2.00. The van der Waals surface area contributed by atoms with Crippen LogP contribution >= 0.6 is 0 Å². The van der Waals surface area contributed by atoms with E-state index in [4.69, 9.17) is 12.2 Å². The van der Waals surface area contributed by atoms with Crippen molar-refractivity contribution in [3.05, 3.63) is 35.9 Å². The van der Waals surface area contributed by atoms with Crippen molar-refractivity contribution in [1.29, 1.82) is 0 Å². The van der Waals surface area contributed by atoms with Gasteiger partial charge < -0.3 is 5.73 Å².